The van der Waals surface area contributed by atoms with Crippen LogP contribution in [0.15, 0.2) is 22.7 Å². The van der Waals surface area contributed by atoms with Gasteiger partial charge >= 0.3 is 44.9 Å². The molecule has 0 saturated heterocycles. The average Bonchev–Trinajstić information content (AvgIpc) is 2.43. The van der Waals surface area contributed by atoms with Gasteiger partial charge in [0.2, 0.25) is 0 Å². The van der Waals surface area contributed by atoms with Gasteiger partial charge in [0, 0.05) is 0 Å². The second-order valence-corrected chi connectivity index (χ2v) is 3.24. The molecular formula is C7H14B3Co. The summed E-state index contributed by atoms with van der Waals surface area (Å²) in [5.41, 5.74) is 0. The molecule has 0 radical (unpaired) electrons. The molecule has 0 aromatic heterocycles. The van der Waals surface area contributed by atoms with Crippen LogP contribution in [0.2, 0.25) is 6.32 Å². The zero-order valence-electron chi connectivity index (χ0n) is 7.39. The van der Waals surface area contributed by atoms with E-state index in [0.29, 0.717) is 0 Å². The van der Waals surface area contributed by atoms with Crippen molar-refractivity contribution < 1.29 is 15.7 Å². The van der Waals surface area contributed by atoms with E-state index in [1.807, 2.05) is 12.2 Å². The molecule has 0 aliphatic heterocycles. The summed E-state index contributed by atoms with van der Waals surface area (Å²) in [4.78, 5) is 0. The molecule has 11 heavy (non-hydrogen) atoms. The first-order chi connectivity index (χ1) is 5.31. The molecule has 60 valence electrons. The normalized spacial score (nSPS) is 13.2. The van der Waals surface area contributed by atoms with Gasteiger partial charge in [-0.3, -0.25) is 0 Å². The van der Waals surface area contributed by atoms with Crippen LogP contribution in [0.1, 0.15) is 13.3 Å². The third-order valence-electron chi connectivity index (χ3n) is 1.42. The monoisotopic (exact) mass is 190 g/mol. The van der Waals surface area contributed by atoms with E-state index in [0.717, 1.165) is 10.9 Å². The molecule has 0 spiro atoms. The summed E-state index contributed by atoms with van der Waals surface area (Å²) in [6, 6.07) is 0. The number of hydrogen-bond donors (Lipinski definition) is 0. The van der Waals surface area contributed by atoms with E-state index in [9.17, 15) is 0 Å². The first-order valence-corrected chi connectivity index (χ1v) is 4.82. The molecule has 0 heterocycles. The first kappa shape index (κ1) is 11.2. The molecular weight excluding hydrogens is 175 g/mol. The Morgan fingerprint density at radius 2 is 2.45 bits per heavy atom. The van der Waals surface area contributed by atoms with Crippen LogP contribution in [0, 0.1) is 0 Å². The molecule has 1 rings (SSSR count). The van der Waals surface area contributed by atoms with E-state index >= 15 is 0 Å². The molecule has 1 aliphatic rings. The predicted octanol–water partition coefficient (Wildman–Crippen LogP) is 0.138. The molecule has 0 aromatic carbocycles. The molecule has 1 aliphatic carbocycles. The Hall–Kier alpha value is 0.181. The fourth-order valence-electron chi connectivity index (χ4n) is 0.765. The Kier molecular flexibility index (Phi) is 8.42. The fraction of sp³-hybridized carbons (Fsp3) is 0.429. The molecule has 0 N–H and O–H groups in total. The summed E-state index contributed by atoms with van der Waals surface area (Å²) in [6.45, 7) is 2.21. The molecule has 0 nitrogen and oxygen atoms in total. The van der Waals surface area contributed by atoms with Crippen molar-refractivity contribution in [3.05, 3.63) is 22.7 Å². The molecule has 0 unspecified atom stereocenters. The van der Waals surface area contributed by atoms with Crippen LogP contribution in [0.25, 0.3) is 0 Å². The molecule has 4 heteroatoms. The summed E-state index contributed by atoms with van der Waals surface area (Å²) in [6.07, 6.45) is 8.47. The molecule has 0 atom stereocenters. The fourth-order valence-corrected chi connectivity index (χ4v) is 0.988. The molecule has 0 fully saturated rings. The van der Waals surface area contributed by atoms with Crippen molar-refractivity contribution in [3.63, 3.8) is 0 Å². The van der Waals surface area contributed by atoms with Crippen molar-refractivity contribution in [3.8, 4) is 0 Å². The minimum absolute atomic E-state index is 1.03. The summed E-state index contributed by atoms with van der Waals surface area (Å²) in [5, 5.41) is 0. The van der Waals surface area contributed by atoms with E-state index in [2.05, 4.69) is 36.5 Å². The Morgan fingerprint density at radius 1 is 1.73 bits per heavy atom. The second kappa shape index (κ2) is 8.28. The molecule has 0 saturated carbocycles. The zero-order valence-corrected chi connectivity index (χ0v) is 8.43. The average molecular weight is 190 g/mol. The Labute approximate surface area is 80.4 Å². The van der Waals surface area contributed by atoms with E-state index in [-0.39, 0.29) is 0 Å². The Bertz CT molecular complexity index is 141. The van der Waals surface area contributed by atoms with Crippen LogP contribution in [0.5, 0.6) is 0 Å². The van der Waals surface area contributed by atoms with Crippen LogP contribution in [0.4, 0.5) is 0 Å². The number of allylic oxidation sites excluding steroid dienone is 4. The predicted molar refractivity (Wildman–Crippen MR) is 55.2 cm³/mol. The van der Waals surface area contributed by atoms with Gasteiger partial charge in [0.1, 0.15) is 0 Å². The van der Waals surface area contributed by atoms with E-state index in [1.54, 1.807) is 0 Å². The summed E-state index contributed by atoms with van der Waals surface area (Å²) < 4.78 is 1.16. The third kappa shape index (κ3) is 8.08. The first-order valence-electron chi connectivity index (χ1n) is 4.30. The number of rotatable bonds is 2. The van der Waals surface area contributed by atoms with Gasteiger partial charge in [0.15, 0.2) is 0 Å². The van der Waals surface area contributed by atoms with E-state index in [4.69, 9.17) is 0 Å². The maximum absolute atomic E-state index is 4.14. The van der Waals surface area contributed by atoms with Crippen LogP contribution in [-0.4, -0.2) is 22.0 Å². The third-order valence-corrected chi connectivity index (χ3v) is 1.80. The Morgan fingerprint density at radius 3 is 2.55 bits per heavy atom. The van der Waals surface area contributed by atoms with Gasteiger partial charge < -0.3 is 0 Å². The van der Waals surface area contributed by atoms with Crippen molar-refractivity contribution in [2.24, 2.45) is 0 Å². The zero-order chi connectivity index (χ0) is 8.53. The van der Waals surface area contributed by atoms with Crippen LogP contribution >= 0.6 is 0 Å². The maximum atomic E-state index is 4.14. The minimum atomic E-state index is 1.03. The van der Waals surface area contributed by atoms with Crippen molar-refractivity contribution >= 4 is 22.0 Å². The van der Waals surface area contributed by atoms with Gasteiger partial charge in [0.05, 0.1) is 22.0 Å². The summed E-state index contributed by atoms with van der Waals surface area (Å²) in [7, 11) is 4.94. The van der Waals surface area contributed by atoms with E-state index in [1.165, 1.54) is 20.6 Å². The quantitative estimate of drug-likeness (QED) is 0.542. The Balaban J connectivity index is 0.000000187. The van der Waals surface area contributed by atoms with Gasteiger partial charge in [-0.15, -0.1) is 0 Å². The number of hydrogen-bond acceptors (Lipinski definition) is 0. The summed E-state index contributed by atoms with van der Waals surface area (Å²) >= 11 is 4.14. The van der Waals surface area contributed by atoms with Gasteiger partial charge in [-0.2, -0.15) is 0 Å². The van der Waals surface area contributed by atoms with Gasteiger partial charge in [-0.25, -0.2) is 0 Å². The van der Waals surface area contributed by atoms with Crippen molar-refractivity contribution in [2.75, 3.05) is 0 Å². The SMILES string of the molecule is BBBCC.[Co][C]1=CC=CC1. The van der Waals surface area contributed by atoms with E-state index < -0.39 is 0 Å². The van der Waals surface area contributed by atoms with Crippen molar-refractivity contribution in [2.45, 2.75) is 19.7 Å². The standard InChI is InChI=1S/C5H5.C2H9B3.Co/c1-2-4-5-3-1;1-2-4-5-3;/h1-3H,4H2;4-5H,2-3H2,1H3;. The van der Waals surface area contributed by atoms with Gasteiger partial charge in [-0.1, -0.05) is 13.2 Å². The van der Waals surface area contributed by atoms with Crippen molar-refractivity contribution in [1.82, 2.24) is 0 Å². The van der Waals surface area contributed by atoms with Crippen LogP contribution in [0.3, 0.4) is 0 Å². The molecule has 0 aromatic rings. The van der Waals surface area contributed by atoms with Crippen LogP contribution < -0.4 is 0 Å². The van der Waals surface area contributed by atoms with Gasteiger partial charge in [0.25, 0.3) is 0 Å². The second-order valence-electron chi connectivity index (χ2n) is 2.57. The topological polar surface area (TPSA) is 0 Å². The molecule has 0 amide bonds. The van der Waals surface area contributed by atoms with Gasteiger partial charge in [-0.05, 0) is 0 Å². The van der Waals surface area contributed by atoms with Crippen LogP contribution in [-0.2, 0) is 15.7 Å². The summed E-state index contributed by atoms with van der Waals surface area (Å²) in [5.74, 6) is 0. The van der Waals surface area contributed by atoms with Crippen molar-refractivity contribution in [1.29, 1.82) is 0 Å². The molecule has 0 bridgehead atoms.